The van der Waals surface area contributed by atoms with Crippen LogP contribution < -0.4 is 0 Å². The minimum absolute atomic E-state index is 0.182. The molecular weight excluding hydrogens is 389 g/mol. The third kappa shape index (κ3) is 4.53. The first kappa shape index (κ1) is 20.7. The second-order valence-corrected chi connectivity index (χ2v) is 9.28. The van der Waals surface area contributed by atoms with Crippen molar-refractivity contribution in [1.29, 1.82) is 0 Å². The van der Waals surface area contributed by atoms with E-state index in [1.54, 1.807) is 6.07 Å². The Hall–Kier alpha value is -2.24. The molecule has 3 aliphatic rings. The fourth-order valence-electron chi connectivity index (χ4n) is 5.51. The smallest absolute Gasteiger partial charge is 0.236 e. The number of nitrogens with zero attached hydrogens (tertiary/aromatic N) is 3. The summed E-state index contributed by atoms with van der Waals surface area (Å²) in [4.78, 5) is 19.8. The van der Waals surface area contributed by atoms with E-state index in [2.05, 4.69) is 26.8 Å². The number of rotatable bonds is 4. The Balaban J connectivity index is 1.17. The second kappa shape index (κ2) is 9.09. The van der Waals surface area contributed by atoms with Crippen molar-refractivity contribution in [3.05, 3.63) is 59.4 Å². The number of carbonyl (C=O) groups is 1. The van der Waals surface area contributed by atoms with Crippen LogP contribution >= 0.6 is 0 Å². The van der Waals surface area contributed by atoms with Gasteiger partial charge in [-0.2, -0.15) is 0 Å². The topological polar surface area (TPSA) is 26.8 Å². The predicted octanol–water partition coefficient (Wildman–Crippen LogP) is 3.94. The van der Waals surface area contributed by atoms with Crippen LogP contribution in [0.5, 0.6) is 0 Å². The molecule has 1 aliphatic carbocycles. The largest absolute Gasteiger partial charge is 0.339 e. The molecule has 1 saturated carbocycles. The summed E-state index contributed by atoms with van der Waals surface area (Å²) in [7, 11) is 0. The van der Waals surface area contributed by atoms with Gasteiger partial charge in [-0.3, -0.25) is 14.6 Å². The molecule has 5 heteroatoms. The summed E-state index contributed by atoms with van der Waals surface area (Å²) in [5.74, 6) is 0.0796. The minimum atomic E-state index is -0.182. The molecule has 2 aromatic rings. The zero-order chi connectivity index (χ0) is 21.2. The molecule has 2 aliphatic heterocycles. The van der Waals surface area contributed by atoms with Crippen molar-refractivity contribution in [2.45, 2.75) is 44.7 Å². The van der Waals surface area contributed by atoms with Crippen LogP contribution in [0.2, 0.25) is 0 Å². The molecule has 2 aromatic carbocycles. The van der Waals surface area contributed by atoms with Gasteiger partial charge in [-0.25, -0.2) is 4.39 Å². The molecular formula is C26H32FN3O. The number of carbonyl (C=O) groups excluding carboxylic acids is 1. The summed E-state index contributed by atoms with van der Waals surface area (Å²) in [6.45, 7) is 5.95. The first-order valence-corrected chi connectivity index (χ1v) is 11.8. The molecule has 0 radical (unpaired) electrons. The van der Waals surface area contributed by atoms with Crippen LogP contribution in [-0.4, -0.2) is 65.9 Å². The maximum absolute atomic E-state index is 14.1. The number of piperazine rings is 1. The van der Waals surface area contributed by atoms with Crippen molar-refractivity contribution >= 4 is 5.91 Å². The lowest BCUT2D eigenvalue weighted by Crippen LogP contribution is -2.53. The maximum atomic E-state index is 14.1. The van der Waals surface area contributed by atoms with Gasteiger partial charge in [0, 0.05) is 50.9 Å². The van der Waals surface area contributed by atoms with Crippen LogP contribution in [0, 0.1) is 5.82 Å². The van der Waals surface area contributed by atoms with Crippen LogP contribution in [0.4, 0.5) is 4.39 Å². The van der Waals surface area contributed by atoms with Gasteiger partial charge in [0.1, 0.15) is 5.82 Å². The highest BCUT2D eigenvalue weighted by molar-refractivity contribution is 5.78. The molecule has 0 spiro atoms. The van der Waals surface area contributed by atoms with E-state index in [0.717, 1.165) is 57.3 Å². The lowest BCUT2D eigenvalue weighted by Gasteiger charge is -2.39. The monoisotopic (exact) mass is 421 g/mol. The van der Waals surface area contributed by atoms with Gasteiger partial charge in [0.25, 0.3) is 0 Å². The van der Waals surface area contributed by atoms with E-state index >= 15 is 0 Å². The van der Waals surface area contributed by atoms with Gasteiger partial charge < -0.3 is 4.90 Å². The van der Waals surface area contributed by atoms with Crippen molar-refractivity contribution in [3.8, 4) is 11.1 Å². The van der Waals surface area contributed by atoms with Gasteiger partial charge in [-0.15, -0.1) is 0 Å². The third-order valence-corrected chi connectivity index (χ3v) is 7.35. The zero-order valence-corrected chi connectivity index (χ0v) is 18.2. The molecule has 0 aromatic heterocycles. The average molecular weight is 422 g/mol. The lowest BCUT2D eigenvalue weighted by molar-refractivity contribution is -0.134. The molecule has 31 heavy (non-hydrogen) atoms. The molecule has 1 amide bonds. The number of benzene rings is 2. The average Bonchev–Trinajstić information content (AvgIpc) is 3.34. The molecule has 1 saturated heterocycles. The predicted molar refractivity (Wildman–Crippen MR) is 121 cm³/mol. The molecule has 0 N–H and O–H groups in total. The Kier molecular flexibility index (Phi) is 6.06. The molecule has 0 bridgehead atoms. The van der Waals surface area contributed by atoms with E-state index in [4.69, 9.17) is 0 Å². The van der Waals surface area contributed by atoms with Gasteiger partial charge in [0.15, 0.2) is 0 Å². The fraction of sp³-hybridized carbons (Fsp3) is 0.500. The second-order valence-electron chi connectivity index (χ2n) is 9.28. The molecule has 0 unspecified atom stereocenters. The van der Waals surface area contributed by atoms with Crippen molar-refractivity contribution in [2.75, 3.05) is 39.3 Å². The van der Waals surface area contributed by atoms with Crippen LogP contribution in [0.1, 0.15) is 36.8 Å². The molecule has 4 nitrogen and oxygen atoms in total. The quantitative estimate of drug-likeness (QED) is 0.748. The van der Waals surface area contributed by atoms with Gasteiger partial charge >= 0.3 is 0 Å². The standard InChI is InChI=1S/C26H32FN3O/c27-25-8-4-3-7-24(25)21-9-10-22-18-28(12-11-20(22)17-21)19-26(31)30-15-13-29(14-16-30)23-5-1-2-6-23/h3-4,7-10,17,23H,1-2,5-6,11-16,18-19H2. The summed E-state index contributed by atoms with van der Waals surface area (Å²) >= 11 is 0. The number of fused-ring (bicyclic) bond motifs is 1. The highest BCUT2D eigenvalue weighted by Crippen LogP contribution is 2.28. The molecule has 0 atom stereocenters. The SMILES string of the molecule is O=C(CN1CCc2cc(-c3ccccc3F)ccc2C1)N1CCN(C2CCCC2)CC1. The number of amides is 1. The Morgan fingerprint density at radius 2 is 1.71 bits per heavy atom. The number of halogens is 1. The minimum Gasteiger partial charge on any atom is -0.339 e. The zero-order valence-electron chi connectivity index (χ0n) is 18.2. The Labute approximate surface area is 184 Å². The number of hydrogen-bond acceptors (Lipinski definition) is 3. The van der Waals surface area contributed by atoms with E-state index in [-0.39, 0.29) is 11.7 Å². The Morgan fingerprint density at radius 1 is 0.935 bits per heavy atom. The lowest BCUT2D eigenvalue weighted by atomic mass is 9.94. The molecule has 164 valence electrons. The van der Waals surface area contributed by atoms with Crippen molar-refractivity contribution < 1.29 is 9.18 Å². The maximum Gasteiger partial charge on any atom is 0.236 e. The Bertz CT molecular complexity index is 932. The van der Waals surface area contributed by atoms with Crippen molar-refractivity contribution in [2.24, 2.45) is 0 Å². The summed E-state index contributed by atoms with van der Waals surface area (Å²) in [6.07, 6.45) is 6.30. The van der Waals surface area contributed by atoms with Gasteiger partial charge in [-0.1, -0.05) is 49.2 Å². The summed E-state index contributed by atoms with van der Waals surface area (Å²) in [5, 5.41) is 0. The van der Waals surface area contributed by atoms with E-state index in [9.17, 15) is 9.18 Å². The summed E-state index contributed by atoms with van der Waals surface area (Å²) in [5.41, 5.74) is 4.11. The van der Waals surface area contributed by atoms with Gasteiger partial charge in [0.2, 0.25) is 5.91 Å². The molecule has 5 rings (SSSR count). The van der Waals surface area contributed by atoms with Crippen LogP contribution in [0.25, 0.3) is 11.1 Å². The summed E-state index contributed by atoms with van der Waals surface area (Å²) in [6, 6.07) is 13.9. The van der Waals surface area contributed by atoms with Crippen LogP contribution in [0.3, 0.4) is 0 Å². The molecule has 2 heterocycles. The Morgan fingerprint density at radius 3 is 2.48 bits per heavy atom. The highest BCUT2D eigenvalue weighted by Gasteiger charge is 2.29. The van der Waals surface area contributed by atoms with Crippen LogP contribution in [-0.2, 0) is 17.8 Å². The van der Waals surface area contributed by atoms with E-state index in [0.29, 0.717) is 12.1 Å². The summed E-state index contributed by atoms with van der Waals surface area (Å²) < 4.78 is 14.1. The van der Waals surface area contributed by atoms with E-state index in [1.165, 1.54) is 42.9 Å². The van der Waals surface area contributed by atoms with Crippen molar-refractivity contribution in [1.82, 2.24) is 14.7 Å². The fourth-order valence-corrected chi connectivity index (χ4v) is 5.51. The van der Waals surface area contributed by atoms with Gasteiger partial charge in [0.05, 0.1) is 6.54 Å². The third-order valence-electron chi connectivity index (χ3n) is 7.35. The van der Waals surface area contributed by atoms with E-state index < -0.39 is 0 Å². The first-order chi connectivity index (χ1) is 15.2. The highest BCUT2D eigenvalue weighted by atomic mass is 19.1. The molecule has 2 fully saturated rings. The first-order valence-electron chi connectivity index (χ1n) is 11.8. The van der Waals surface area contributed by atoms with Crippen molar-refractivity contribution in [3.63, 3.8) is 0 Å². The van der Waals surface area contributed by atoms with E-state index in [1.807, 2.05) is 18.2 Å². The van der Waals surface area contributed by atoms with Gasteiger partial charge in [-0.05, 0) is 42.0 Å². The normalized spacial score (nSPS) is 20.7. The van der Waals surface area contributed by atoms with Crippen LogP contribution in [0.15, 0.2) is 42.5 Å². The number of hydrogen-bond donors (Lipinski definition) is 0.